The minimum Gasteiger partial charge on any atom is -0.383 e. The third-order valence-corrected chi connectivity index (χ3v) is 3.17. The number of nitrogens with one attached hydrogen (secondary N) is 1. The monoisotopic (exact) mass is 237 g/mol. The van der Waals surface area contributed by atoms with Crippen LogP contribution in [0, 0.1) is 12.7 Å². The van der Waals surface area contributed by atoms with Crippen LogP contribution in [0.2, 0.25) is 0 Å². The molecule has 1 N–H and O–H groups in total. The zero-order valence-electron chi connectivity index (χ0n) is 10.3. The van der Waals surface area contributed by atoms with E-state index >= 15 is 0 Å². The van der Waals surface area contributed by atoms with Gasteiger partial charge in [0.15, 0.2) is 0 Å². The Kier molecular flexibility index (Phi) is 4.37. The highest BCUT2D eigenvalue weighted by Crippen LogP contribution is 2.18. The normalized spacial score (nSPS) is 19.5. The molecule has 1 aromatic rings. The maximum atomic E-state index is 13.5. The van der Waals surface area contributed by atoms with Crippen LogP contribution in [0.5, 0.6) is 0 Å². The largest absolute Gasteiger partial charge is 0.383 e. The Bertz CT molecular complexity index is 361. The first-order chi connectivity index (χ1) is 8.25. The maximum absolute atomic E-state index is 13.5. The molecule has 0 saturated carbocycles. The van der Waals surface area contributed by atoms with Crippen molar-refractivity contribution in [3.05, 3.63) is 29.6 Å². The number of ether oxygens (including phenoxy) is 1. The van der Waals surface area contributed by atoms with E-state index in [1.54, 1.807) is 12.1 Å². The Morgan fingerprint density at radius 3 is 3.06 bits per heavy atom. The highest BCUT2D eigenvalue weighted by atomic mass is 19.1. The Balaban J connectivity index is 1.70. The first-order valence-electron chi connectivity index (χ1n) is 6.37. The average Bonchev–Trinajstić information content (AvgIpc) is 2.79. The summed E-state index contributed by atoms with van der Waals surface area (Å²) >= 11 is 0. The fourth-order valence-electron chi connectivity index (χ4n) is 2.19. The molecule has 17 heavy (non-hydrogen) atoms. The Morgan fingerprint density at radius 1 is 1.47 bits per heavy atom. The summed E-state index contributed by atoms with van der Waals surface area (Å²) in [5.74, 6) is -0.165. The van der Waals surface area contributed by atoms with Crippen molar-refractivity contribution in [2.24, 2.45) is 0 Å². The SMILES string of the molecule is Cc1ccc(NCCCC2CCCO2)c(F)c1. The Labute approximate surface area is 102 Å². The van der Waals surface area contributed by atoms with E-state index in [9.17, 15) is 4.39 Å². The second kappa shape index (κ2) is 6.01. The van der Waals surface area contributed by atoms with Gasteiger partial charge in [0.1, 0.15) is 5.82 Å². The van der Waals surface area contributed by atoms with Crippen LogP contribution in [0.1, 0.15) is 31.2 Å². The molecule has 0 spiro atoms. The van der Waals surface area contributed by atoms with E-state index in [1.165, 1.54) is 12.8 Å². The van der Waals surface area contributed by atoms with E-state index in [2.05, 4.69) is 5.32 Å². The van der Waals surface area contributed by atoms with Gasteiger partial charge in [0, 0.05) is 13.2 Å². The van der Waals surface area contributed by atoms with Crippen LogP contribution < -0.4 is 5.32 Å². The second-order valence-electron chi connectivity index (χ2n) is 4.69. The summed E-state index contributed by atoms with van der Waals surface area (Å²) in [6.45, 7) is 3.61. The van der Waals surface area contributed by atoms with Gasteiger partial charge >= 0.3 is 0 Å². The molecule has 3 heteroatoms. The lowest BCUT2D eigenvalue weighted by Gasteiger charge is -2.11. The molecule has 1 aromatic carbocycles. The highest BCUT2D eigenvalue weighted by molar-refractivity contribution is 5.45. The topological polar surface area (TPSA) is 21.3 Å². The van der Waals surface area contributed by atoms with Crippen molar-refractivity contribution in [3.8, 4) is 0 Å². The van der Waals surface area contributed by atoms with E-state index in [-0.39, 0.29) is 5.82 Å². The van der Waals surface area contributed by atoms with Crippen molar-refractivity contribution in [3.63, 3.8) is 0 Å². The van der Waals surface area contributed by atoms with Crippen LogP contribution in [0.15, 0.2) is 18.2 Å². The predicted molar refractivity (Wildman–Crippen MR) is 67.8 cm³/mol. The van der Waals surface area contributed by atoms with E-state index in [0.717, 1.165) is 31.6 Å². The van der Waals surface area contributed by atoms with E-state index in [4.69, 9.17) is 4.74 Å². The first kappa shape index (κ1) is 12.4. The Hall–Kier alpha value is -1.09. The molecule has 94 valence electrons. The molecule has 1 atom stereocenters. The van der Waals surface area contributed by atoms with Gasteiger partial charge in [-0.2, -0.15) is 0 Å². The molecule has 0 radical (unpaired) electrons. The number of aryl methyl sites for hydroxylation is 1. The fourth-order valence-corrected chi connectivity index (χ4v) is 2.19. The number of anilines is 1. The molecule has 2 nitrogen and oxygen atoms in total. The molecule has 1 aliphatic rings. The van der Waals surface area contributed by atoms with Gasteiger partial charge in [-0.1, -0.05) is 6.07 Å². The zero-order valence-corrected chi connectivity index (χ0v) is 10.3. The van der Waals surface area contributed by atoms with Crippen molar-refractivity contribution >= 4 is 5.69 Å². The molecule has 0 amide bonds. The summed E-state index contributed by atoms with van der Waals surface area (Å²) in [5, 5.41) is 3.13. The summed E-state index contributed by atoms with van der Waals surface area (Å²) in [4.78, 5) is 0. The van der Waals surface area contributed by atoms with Gasteiger partial charge in [0.05, 0.1) is 11.8 Å². The van der Waals surface area contributed by atoms with Gasteiger partial charge in [-0.05, 0) is 50.3 Å². The molecule has 0 aliphatic carbocycles. The summed E-state index contributed by atoms with van der Waals surface area (Å²) in [7, 11) is 0. The molecular weight excluding hydrogens is 217 g/mol. The average molecular weight is 237 g/mol. The van der Waals surface area contributed by atoms with Gasteiger partial charge < -0.3 is 10.1 Å². The van der Waals surface area contributed by atoms with Crippen LogP contribution in [-0.4, -0.2) is 19.3 Å². The third kappa shape index (κ3) is 3.70. The third-order valence-electron chi connectivity index (χ3n) is 3.17. The van der Waals surface area contributed by atoms with Crippen molar-refractivity contribution in [2.75, 3.05) is 18.5 Å². The molecule has 2 rings (SSSR count). The van der Waals surface area contributed by atoms with Crippen LogP contribution >= 0.6 is 0 Å². The lowest BCUT2D eigenvalue weighted by Crippen LogP contribution is -2.09. The molecule has 1 aliphatic heterocycles. The number of hydrogen-bond donors (Lipinski definition) is 1. The van der Waals surface area contributed by atoms with Gasteiger partial charge in [-0.3, -0.25) is 0 Å². The molecule has 1 fully saturated rings. The van der Waals surface area contributed by atoms with Gasteiger partial charge in [-0.25, -0.2) is 4.39 Å². The van der Waals surface area contributed by atoms with Crippen LogP contribution in [0.3, 0.4) is 0 Å². The molecule has 0 aromatic heterocycles. The standard InChI is InChI=1S/C14H20FNO/c1-11-6-7-14(13(15)10-11)16-8-2-4-12-5-3-9-17-12/h6-7,10,12,16H,2-5,8-9H2,1H3. The minimum absolute atomic E-state index is 0.165. The molecule has 1 saturated heterocycles. The van der Waals surface area contributed by atoms with Gasteiger partial charge in [0.25, 0.3) is 0 Å². The second-order valence-corrected chi connectivity index (χ2v) is 4.69. The van der Waals surface area contributed by atoms with E-state index in [1.807, 2.05) is 13.0 Å². The summed E-state index contributed by atoms with van der Waals surface area (Å²) < 4.78 is 19.0. The van der Waals surface area contributed by atoms with Crippen LogP contribution in [-0.2, 0) is 4.74 Å². The summed E-state index contributed by atoms with van der Waals surface area (Å²) in [5.41, 5.74) is 1.55. The van der Waals surface area contributed by atoms with E-state index < -0.39 is 0 Å². The highest BCUT2D eigenvalue weighted by Gasteiger charge is 2.14. The van der Waals surface area contributed by atoms with Gasteiger partial charge in [0.2, 0.25) is 0 Å². The van der Waals surface area contributed by atoms with Crippen molar-refractivity contribution in [1.82, 2.24) is 0 Å². The quantitative estimate of drug-likeness (QED) is 0.791. The minimum atomic E-state index is -0.165. The van der Waals surface area contributed by atoms with Crippen LogP contribution in [0.4, 0.5) is 10.1 Å². The van der Waals surface area contributed by atoms with Crippen molar-refractivity contribution in [2.45, 2.75) is 38.7 Å². The molecular formula is C14H20FNO. The predicted octanol–water partition coefficient (Wildman–Crippen LogP) is 3.51. The summed E-state index contributed by atoms with van der Waals surface area (Å²) in [6.07, 6.45) is 4.89. The smallest absolute Gasteiger partial charge is 0.146 e. The van der Waals surface area contributed by atoms with Crippen molar-refractivity contribution < 1.29 is 9.13 Å². The lowest BCUT2D eigenvalue weighted by atomic mass is 10.1. The van der Waals surface area contributed by atoms with E-state index in [0.29, 0.717) is 11.8 Å². The van der Waals surface area contributed by atoms with Crippen LogP contribution in [0.25, 0.3) is 0 Å². The molecule has 1 heterocycles. The first-order valence-corrected chi connectivity index (χ1v) is 6.37. The summed E-state index contributed by atoms with van der Waals surface area (Å²) in [6, 6.07) is 5.28. The van der Waals surface area contributed by atoms with Gasteiger partial charge in [-0.15, -0.1) is 0 Å². The number of halogens is 1. The maximum Gasteiger partial charge on any atom is 0.146 e. The number of benzene rings is 1. The lowest BCUT2D eigenvalue weighted by molar-refractivity contribution is 0.103. The molecule has 1 unspecified atom stereocenters. The fraction of sp³-hybridized carbons (Fsp3) is 0.571. The number of hydrogen-bond acceptors (Lipinski definition) is 2. The number of rotatable bonds is 5. The van der Waals surface area contributed by atoms with Crippen molar-refractivity contribution in [1.29, 1.82) is 0 Å². The Morgan fingerprint density at radius 2 is 2.35 bits per heavy atom. The molecule has 0 bridgehead atoms. The zero-order chi connectivity index (χ0) is 12.1.